The van der Waals surface area contributed by atoms with Crippen molar-refractivity contribution in [3.05, 3.63) is 56.6 Å². The number of carbonyl (C=O) groups excluding carboxylic acids is 1. The molecule has 0 aliphatic rings. The summed E-state index contributed by atoms with van der Waals surface area (Å²) in [5.74, 6) is 0. The lowest BCUT2D eigenvalue weighted by Gasteiger charge is -2.23. The maximum atomic E-state index is 12.8. The second kappa shape index (κ2) is 7.29. The average Bonchev–Trinajstić information content (AvgIpc) is 2.46. The highest BCUT2D eigenvalue weighted by molar-refractivity contribution is 14.1. The van der Waals surface area contributed by atoms with Gasteiger partial charge in [-0.05, 0) is 82.7 Å². The van der Waals surface area contributed by atoms with Crippen LogP contribution in [0.1, 0.15) is 0 Å². The van der Waals surface area contributed by atoms with Gasteiger partial charge in [0.05, 0.1) is 10.6 Å². The standard InChI is InChI=1S/C14H10BrClINO3S/c15-10-1-7-13(8-2-10)22(20,21)18(9-14(16)19)12-5-3-11(17)4-6-12/h1-8H,9H2. The summed E-state index contributed by atoms with van der Waals surface area (Å²) in [6.45, 7) is -0.430. The molecule has 0 fully saturated rings. The van der Waals surface area contributed by atoms with Gasteiger partial charge in [-0.1, -0.05) is 15.9 Å². The molecule has 0 saturated carbocycles. The molecule has 116 valence electrons. The first-order chi connectivity index (χ1) is 10.3. The molecule has 4 nitrogen and oxygen atoms in total. The van der Waals surface area contributed by atoms with Crippen molar-refractivity contribution in [3.63, 3.8) is 0 Å². The summed E-state index contributed by atoms with van der Waals surface area (Å²) in [4.78, 5) is 11.4. The Balaban J connectivity index is 2.50. The molecule has 22 heavy (non-hydrogen) atoms. The molecule has 0 N–H and O–H groups in total. The van der Waals surface area contributed by atoms with Gasteiger partial charge in [0, 0.05) is 8.04 Å². The normalized spacial score (nSPS) is 11.2. The Hall–Kier alpha value is -0.640. The lowest BCUT2D eigenvalue weighted by Crippen LogP contribution is -2.34. The Bertz CT molecular complexity index is 779. The van der Waals surface area contributed by atoms with E-state index >= 15 is 0 Å². The molecule has 2 rings (SSSR count). The van der Waals surface area contributed by atoms with E-state index in [9.17, 15) is 13.2 Å². The first-order valence-electron chi connectivity index (χ1n) is 6.03. The molecule has 0 aromatic heterocycles. The van der Waals surface area contributed by atoms with Crippen molar-refractivity contribution in [1.29, 1.82) is 0 Å². The van der Waals surface area contributed by atoms with Crippen LogP contribution in [-0.2, 0) is 14.8 Å². The lowest BCUT2D eigenvalue weighted by molar-refractivity contribution is -0.110. The van der Waals surface area contributed by atoms with Crippen molar-refractivity contribution in [3.8, 4) is 0 Å². The van der Waals surface area contributed by atoms with Crippen LogP contribution in [0.3, 0.4) is 0 Å². The monoisotopic (exact) mass is 513 g/mol. The Morgan fingerprint density at radius 2 is 1.64 bits per heavy atom. The summed E-state index contributed by atoms with van der Waals surface area (Å²) in [5, 5.41) is -0.751. The Morgan fingerprint density at radius 1 is 1.09 bits per heavy atom. The van der Waals surface area contributed by atoms with Gasteiger partial charge in [-0.2, -0.15) is 0 Å². The van der Waals surface area contributed by atoms with Crippen molar-refractivity contribution >= 4 is 71.1 Å². The SMILES string of the molecule is O=C(Cl)CN(c1ccc(I)cc1)S(=O)(=O)c1ccc(Br)cc1. The van der Waals surface area contributed by atoms with Gasteiger partial charge in [0.1, 0.15) is 6.54 Å². The number of carbonyl (C=O) groups is 1. The molecule has 8 heteroatoms. The van der Waals surface area contributed by atoms with Crippen molar-refractivity contribution in [2.24, 2.45) is 0 Å². The summed E-state index contributed by atoms with van der Waals surface area (Å²) >= 11 is 10.8. The number of halogens is 3. The highest BCUT2D eigenvalue weighted by Gasteiger charge is 2.26. The van der Waals surface area contributed by atoms with Gasteiger partial charge in [-0.25, -0.2) is 8.42 Å². The smallest absolute Gasteiger partial charge is 0.264 e. The summed E-state index contributed by atoms with van der Waals surface area (Å²) in [6.07, 6.45) is 0. The molecule has 0 aliphatic carbocycles. The zero-order chi connectivity index (χ0) is 16.3. The summed E-state index contributed by atoms with van der Waals surface area (Å²) in [7, 11) is -3.87. The quantitative estimate of drug-likeness (QED) is 0.448. The van der Waals surface area contributed by atoms with E-state index in [2.05, 4.69) is 38.5 Å². The topological polar surface area (TPSA) is 54.5 Å². The predicted molar refractivity (Wildman–Crippen MR) is 98.7 cm³/mol. The third-order valence-electron chi connectivity index (χ3n) is 2.78. The van der Waals surface area contributed by atoms with Crippen molar-refractivity contribution in [1.82, 2.24) is 0 Å². The van der Waals surface area contributed by atoms with Crippen molar-refractivity contribution in [2.75, 3.05) is 10.8 Å². The number of sulfonamides is 1. The predicted octanol–water partition coefficient (Wildman–Crippen LogP) is 4.01. The fraction of sp³-hybridized carbons (Fsp3) is 0.0714. The highest BCUT2D eigenvalue weighted by atomic mass is 127. The minimum Gasteiger partial charge on any atom is -0.279 e. The molecule has 0 aliphatic heterocycles. The van der Waals surface area contributed by atoms with E-state index in [0.29, 0.717) is 5.69 Å². The first kappa shape index (κ1) is 17.7. The third-order valence-corrected chi connectivity index (χ3v) is 5.94. The van der Waals surface area contributed by atoms with Crippen LogP contribution in [0.2, 0.25) is 0 Å². The molecule has 0 unspecified atom stereocenters. The van der Waals surface area contributed by atoms with E-state index in [1.54, 1.807) is 36.4 Å². The maximum Gasteiger partial charge on any atom is 0.264 e. The largest absolute Gasteiger partial charge is 0.279 e. The average molecular weight is 515 g/mol. The van der Waals surface area contributed by atoms with Gasteiger partial charge >= 0.3 is 0 Å². The van der Waals surface area contributed by atoms with E-state index in [0.717, 1.165) is 12.3 Å². The molecule has 0 saturated heterocycles. The van der Waals surface area contributed by atoms with Gasteiger partial charge in [0.2, 0.25) is 5.24 Å². The Labute approximate surface area is 155 Å². The molecular weight excluding hydrogens is 504 g/mol. The summed E-state index contributed by atoms with van der Waals surface area (Å²) in [5.41, 5.74) is 0.386. The molecule has 0 atom stereocenters. The van der Waals surface area contributed by atoms with Crippen LogP contribution in [-0.4, -0.2) is 20.2 Å². The maximum absolute atomic E-state index is 12.8. The molecule has 0 spiro atoms. The first-order valence-corrected chi connectivity index (χ1v) is 9.72. The minimum absolute atomic E-state index is 0.0900. The van der Waals surface area contributed by atoms with Crippen molar-refractivity contribution in [2.45, 2.75) is 4.90 Å². The summed E-state index contributed by atoms with van der Waals surface area (Å²) in [6, 6.07) is 13.0. The highest BCUT2D eigenvalue weighted by Crippen LogP contribution is 2.25. The fourth-order valence-corrected chi connectivity index (χ4v) is 4.00. The number of nitrogens with zero attached hydrogens (tertiary/aromatic N) is 1. The van der Waals surface area contributed by atoms with Crippen LogP contribution < -0.4 is 4.31 Å². The number of rotatable bonds is 5. The van der Waals surface area contributed by atoms with Gasteiger partial charge in [-0.15, -0.1) is 0 Å². The molecule has 0 amide bonds. The third kappa shape index (κ3) is 4.21. The number of benzene rings is 2. The van der Waals surface area contributed by atoms with Crippen LogP contribution in [0.4, 0.5) is 5.69 Å². The number of hydrogen-bond donors (Lipinski definition) is 0. The second-order valence-corrected chi connectivity index (χ2v) is 8.74. The number of anilines is 1. The van der Waals surface area contributed by atoms with Gasteiger partial charge in [0.25, 0.3) is 10.0 Å². The van der Waals surface area contributed by atoms with Gasteiger partial charge in [-0.3, -0.25) is 9.10 Å². The Morgan fingerprint density at radius 3 is 2.14 bits per heavy atom. The second-order valence-electron chi connectivity index (χ2n) is 4.30. The Kier molecular flexibility index (Phi) is 5.87. The van der Waals surface area contributed by atoms with Crippen LogP contribution in [0, 0.1) is 3.57 Å². The van der Waals surface area contributed by atoms with E-state index in [1.807, 2.05) is 0 Å². The summed E-state index contributed by atoms with van der Waals surface area (Å²) < 4.78 is 28.2. The molecule has 0 radical (unpaired) electrons. The molecule has 2 aromatic rings. The van der Waals surface area contributed by atoms with Crippen LogP contribution in [0.25, 0.3) is 0 Å². The van der Waals surface area contributed by atoms with E-state index in [1.165, 1.54) is 12.1 Å². The fourth-order valence-electron chi connectivity index (χ4n) is 1.77. The van der Waals surface area contributed by atoms with Crippen LogP contribution in [0.15, 0.2) is 57.9 Å². The van der Waals surface area contributed by atoms with Crippen LogP contribution >= 0.6 is 50.1 Å². The molecule has 0 heterocycles. The van der Waals surface area contributed by atoms with E-state index < -0.39 is 21.8 Å². The van der Waals surface area contributed by atoms with Gasteiger partial charge < -0.3 is 0 Å². The van der Waals surface area contributed by atoms with Gasteiger partial charge in [0.15, 0.2) is 0 Å². The molecule has 2 aromatic carbocycles. The van der Waals surface area contributed by atoms with E-state index in [-0.39, 0.29) is 4.90 Å². The van der Waals surface area contributed by atoms with Crippen LogP contribution in [0.5, 0.6) is 0 Å². The molecule has 0 bridgehead atoms. The number of hydrogen-bond acceptors (Lipinski definition) is 3. The van der Waals surface area contributed by atoms with Crippen molar-refractivity contribution < 1.29 is 13.2 Å². The lowest BCUT2D eigenvalue weighted by atomic mass is 10.3. The zero-order valence-electron chi connectivity index (χ0n) is 11.0. The zero-order valence-corrected chi connectivity index (χ0v) is 16.4. The van der Waals surface area contributed by atoms with E-state index in [4.69, 9.17) is 11.6 Å². The minimum atomic E-state index is -3.87. The molecular formula is C14H10BrClINO3S.